The summed E-state index contributed by atoms with van der Waals surface area (Å²) < 4.78 is 0. The lowest BCUT2D eigenvalue weighted by atomic mass is 10.1. The number of hydrogen-bond acceptors (Lipinski definition) is 4. The number of hydrogen-bond donors (Lipinski definition) is 1. The Labute approximate surface area is 140 Å². The fourth-order valence-corrected chi connectivity index (χ4v) is 5.47. The van der Waals surface area contributed by atoms with Gasteiger partial charge in [0.2, 0.25) is 0 Å². The number of H-pyrrole nitrogens is 1. The quantitative estimate of drug-likeness (QED) is 0.874. The summed E-state index contributed by atoms with van der Waals surface area (Å²) in [7, 11) is 2.18. The van der Waals surface area contributed by atoms with E-state index in [2.05, 4.69) is 16.9 Å². The molecule has 2 heterocycles. The summed E-state index contributed by atoms with van der Waals surface area (Å²) in [6, 6.07) is 0.631. The molecule has 4 nitrogen and oxygen atoms in total. The first-order valence-electron chi connectivity index (χ1n) is 8.96. The van der Waals surface area contributed by atoms with Crippen LogP contribution in [0.5, 0.6) is 0 Å². The number of nitrogens with one attached hydrogen (secondary N) is 1. The highest BCUT2D eigenvalue weighted by atomic mass is 32.1. The van der Waals surface area contributed by atoms with Crippen LogP contribution in [0.2, 0.25) is 0 Å². The second-order valence-corrected chi connectivity index (χ2v) is 8.19. The Balaban J connectivity index is 1.58. The van der Waals surface area contributed by atoms with Crippen LogP contribution in [-0.2, 0) is 19.4 Å². The predicted octanol–water partition coefficient (Wildman–Crippen LogP) is 3.63. The van der Waals surface area contributed by atoms with E-state index in [0.29, 0.717) is 6.04 Å². The van der Waals surface area contributed by atoms with Crippen LogP contribution in [-0.4, -0.2) is 28.0 Å². The molecule has 2 aliphatic carbocycles. The third-order valence-electron chi connectivity index (χ3n) is 5.47. The highest BCUT2D eigenvalue weighted by Crippen LogP contribution is 2.34. The summed E-state index contributed by atoms with van der Waals surface area (Å²) >= 11 is 1.73. The molecule has 0 radical (unpaired) electrons. The van der Waals surface area contributed by atoms with Gasteiger partial charge in [0, 0.05) is 10.9 Å². The van der Waals surface area contributed by atoms with Gasteiger partial charge in [0.15, 0.2) is 0 Å². The minimum absolute atomic E-state index is 0.0682. The van der Waals surface area contributed by atoms with Crippen molar-refractivity contribution < 1.29 is 0 Å². The van der Waals surface area contributed by atoms with Gasteiger partial charge in [0.1, 0.15) is 10.7 Å². The monoisotopic (exact) mass is 331 g/mol. The molecule has 4 rings (SSSR count). The van der Waals surface area contributed by atoms with Crippen LogP contribution < -0.4 is 5.56 Å². The van der Waals surface area contributed by atoms with Crippen molar-refractivity contribution in [1.82, 2.24) is 14.9 Å². The molecule has 5 heteroatoms. The van der Waals surface area contributed by atoms with Crippen LogP contribution in [0, 0.1) is 0 Å². The summed E-state index contributed by atoms with van der Waals surface area (Å²) in [5.74, 6) is 0.828. The lowest BCUT2D eigenvalue weighted by Gasteiger charge is -2.26. The number of nitrogens with zero attached hydrogens (tertiary/aromatic N) is 2. The summed E-state index contributed by atoms with van der Waals surface area (Å²) in [5.41, 5.74) is 1.33. The summed E-state index contributed by atoms with van der Waals surface area (Å²) in [5, 5.41) is 0.864. The molecule has 0 amide bonds. The predicted molar refractivity (Wildman–Crippen MR) is 95.2 cm³/mol. The largest absolute Gasteiger partial charge is 0.309 e. The van der Waals surface area contributed by atoms with E-state index >= 15 is 0 Å². The topological polar surface area (TPSA) is 49.0 Å². The smallest absolute Gasteiger partial charge is 0.259 e. The third-order valence-corrected chi connectivity index (χ3v) is 6.66. The molecule has 0 bridgehead atoms. The van der Waals surface area contributed by atoms with Gasteiger partial charge < -0.3 is 4.98 Å². The maximum absolute atomic E-state index is 12.5. The Hall–Kier alpha value is -1.20. The fourth-order valence-electron chi connectivity index (χ4n) is 4.19. The molecular formula is C18H25N3OS. The van der Waals surface area contributed by atoms with Crippen LogP contribution >= 0.6 is 11.3 Å². The van der Waals surface area contributed by atoms with Gasteiger partial charge in [0.05, 0.1) is 11.9 Å². The standard InChI is InChI=1S/C18H25N3OS/c1-21(12-7-4-2-3-5-8-12)11-15-19-17(22)16-13-9-6-10-14(13)23-18(16)20-15/h12H,2-11H2,1H3,(H,19,20,22). The normalized spacial score (nSPS) is 19.4. The number of aromatic amines is 1. The van der Waals surface area contributed by atoms with Crippen molar-refractivity contribution in [3.05, 3.63) is 26.6 Å². The van der Waals surface area contributed by atoms with Crippen molar-refractivity contribution >= 4 is 21.6 Å². The van der Waals surface area contributed by atoms with Gasteiger partial charge in [0.25, 0.3) is 5.56 Å². The van der Waals surface area contributed by atoms with E-state index in [4.69, 9.17) is 4.98 Å². The minimum atomic E-state index is 0.0682. The summed E-state index contributed by atoms with van der Waals surface area (Å²) in [6.07, 6.45) is 11.3. The first-order valence-corrected chi connectivity index (χ1v) is 9.77. The molecule has 2 aliphatic rings. The number of rotatable bonds is 3. The SMILES string of the molecule is CN(Cc1nc2sc3c(c2c(=O)[nH]1)CCC3)C1CCCCCC1. The van der Waals surface area contributed by atoms with E-state index in [-0.39, 0.29) is 5.56 Å². The van der Waals surface area contributed by atoms with Gasteiger partial charge in [-0.3, -0.25) is 9.69 Å². The van der Waals surface area contributed by atoms with E-state index in [1.165, 1.54) is 55.4 Å². The van der Waals surface area contributed by atoms with E-state index < -0.39 is 0 Å². The molecular weight excluding hydrogens is 306 g/mol. The maximum Gasteiger partial charge on any atom is 0.259 e. The fraction of sp³-hybridized carbons (Fsp3) is 0.667. The van der Waals surface area contributed by atoms with Crippen molar-refractivity contribution in [2.75, 3.05) is 7.05 Å². The van der Waals surface area contributed by atoms with E-state index in [1.807, 2.05) is 0 Å². The molecule has 2 aromatic heterocycles. The van der Waals surface area contributed by atoms with E-state index in [9.17, 15) is 4.79 Å². The molecule has 124 valence electrons. The molecule has 0 saturated heterocycles. The molecule has 1 saturated carbocycles. The lowest BCUT2D eigenvalue weighted by Crippen LogP contribution is -2.32. The molecule has 0 spiro atoms. The maximum atomic E-state index is 12.5. The minimum Gasteiger partial charge on any atom is -0.309 e. The van der Waals surface area contributed by atoms with Gasteiger partial charge in [-0.25, -0.2) is 4.98 Å². The van der Waals surface area contributed by atoms with Gasteiger partial charge >= 0.3 is 0 Å². The van der Waals surface area contributed by atoms with Gasteiger partial charge in [-0.05, 0) is 44.7 Å². The highest BCUT2D eigenvalue weighted by molar-refractivity contribution is 7.18. The number of aromatic nitrogens is 2. The van der Waals surface area contributed by atoms with Crippen LogP contribution in [0.4, 0.5) is 0 Å². The zero-order valence-corrected chi connectivity index (χ0v) is 14.7. The first-order chi connectivity index (χ1) is 11.2. The van der Waals surface area contributed by atoms with Crippen molar-refractivity contribution in [2.45, 2.75) is 70.4 Å². The van der Waals surface area contributed by atoms with Crippen molar-refractivity contribution in [1.29, 1.82) is 0 Å². The van der Waals surface area contributed by atoms with E-state index in [0.717, 1.165) is 35.4 Å². The average Bonchev–Trinajstić information content (AvgIpc) is 2.97. The molecule has 0 atom stereocenters. The van der Waals surface area contributed by atoms with Crippen LogP contribution in [0.25, 0.3) is 10.2 Å². The zero-order valence-electron chi connectivity index (χ0n) is 13.9. The molecule has 0 aromatic carbocycles. The second kappa shape index (κ2) is 6.36. The zero-order chi connectivity index (χ0) is 15.8. The summed E-state index contributed by atoms with van der Waals surface area (Å²) in [6.45, 7) is 0.748. The number of fused-ring (bicyclic) bond motifs is 3. The Bertz CT molecular complexity index is 755. The Morgan fingerprint density at radius 3 is 2.74 bits per heavy atom. The molecule has 1 fully saturated rings. The van der Waals surface area contributed by atoms with Gasteiger partial charge in [-0.15, -0.1) is 11.3 Å². The molecule has 2 aromatic rings. The Kier molecular flexibility index (Phi) is 4.24. The van der Waals surface area contributed by atoms with Crippen LogP contribution in [0.3, 0.4) is 0 Å². The Morgan fingerprint density at radius 1 is 1.17 bits per heavy atom. The molecule has 0 unspecified atom stereocenters. The molecule has 23 heavy (non-hydrogen) atoms. The van der Waals surface area contributed by atoms with Crippen molar-refractivity contribution in [2.24, 2.45) is 0 Å². The molecule has 1 N–H and O–H groups in total. The highest BCUT2D eigenvalue weighted by Gasteiger charge is 2.22. The van der Waals surface area contributed by atoms with Crippen LogP contribution in [0.1, 0.15) is 61.2 Å². The third kappa shape index (κ3) is 2.96. The van der Waals surface area contributed by atoms with E-state index in [1.54, 1.807) is 11.3 Å². The van der Waals surface area contributed by atoms with Crippen molar-refractivity contribution in [3.63, 3.8) is 0 Å². The summed E-state index contributed by atoms with van der Waals surface area (Å²) in [4.78, 5) is 25.1. The van der Waals surface area contributed by atoms with Gasteiger partial charge in [-0.1, -0.05) is 25.7 Å². The number of aryl methyl sites for hydroxylation is 2. The first kappa shape index (κ1) is 15.3. The number of thiophene rings is 1. The molecule has 0 aliphatic heterocycles. The second-order valence-electron chi connectivity index (χ2n) is 7.11. The average molecular weight is 331 g/mol. The van der Waals surface area contributed by atoms with Crippen molar-refractivity contribution in [3.8, 4) is 0 Å². The Morgan fingerprint density at radius 2 is 1.96 bits per heavy atom. The lowest BCUT2D eigenvalue weighted by molar-refractivity contribution is 0.208. The van der Waals surface area contributed by atoms with Gasteiger partial charge in [-0.2, -0.15) is 0 Å². The van der Waals surface area contributed by atoms with Crippen LogP contribution in [0.15, 0.2) is 4.79 Å².